The van der Waals surface area contributed by atoms with Crippen molar-refractivity contribution in [3.05, 3.63) is 18.2 Å². The second-order valence-corrected chi connectivity index (χ2v) is 5.64. The lowest BCUT2D eigenvalue weighted by Gasteiger charge is -2.26. The highest BCUT2D eigenvalue weighted by Crippen LogP contribution is 2.42. The molecule has 0 bridgehead atoms. The standard InChI is InChI=1S/C15H10F12O5/c1-29-9(28)5-30-7-3-2-6(31-10(12(16,17)18)13(19,20)21)4-8(7)32-11(14(22,23)24)15(25,26)27/h2-4,10-11H,5H2,1H3. The second kappa shape index (κ2) is 9.40. The molecular formula is C15H10F12O5. The Morgan fingerprint density at radius 1 is 0.750 bits per heavy atom. The first-order valence-corrected chi connectivity index (χ1v) is 7.70. The quantitative estimate of drug-likeness (QED) is 0.392. The van der Waals surface area contributed by atoms with Crippen molar-refractivity contribution in [2.24, 2.45) is 0 Å². The van der Waals surface area contributed by atoms with Gasteiger partial charge in [0, 0.05) is 6.07 Å². The highest BCUT2D eigenvalue weighted by molar-refractivity contribution is 5.71. The van der Waals surface area contributed by atoms with Crippen molar-refractivity contribution in [3.8, 4) is 17.2 Å². The number of esters is 1. The lowest BCUT2D eigenvalue weighted by molar-refractivity contribution is -0.300. The fourth-order valence-electron chi connectivity index (χ4n) is 1.87. The van der Waals surface area contributed by atoms with Crippen LogP contribution in [0.5, 0.6) is 17.2 Å². The molecule has 0 radical (unpaired) electrons. The number of carbonyl (C=O) groups excluding carboxylic acids is 1. The van der Waals surface area contributed by atoms with Crippen LogP contribution in [0.1, 0.15) is 0 Å². The molecular weight excluding hydrogens is 488 g/mol. The van der Waals surface area contributed by atoms with E-state index in [1.165, 1.54) is 0 Å². The number of hydrogen-bond donors (Lipinski definition) is 0. The Morgan fingerprint density at radius 2 is 1.19 bits per heavy atom. The lowest BCUT2D eigenvalue weighted by atomic mass is 10.2. The molecule has 0 aliphatic heterocycles. The Kier molecular flexibility index (Phi) is 8.01. The van der Waals surface area contributed by atoms with E-state index in [1.807, 2.05) is 0 Å². The van der Waals surface area contributed by atoms with Crippen LogP contribution < -0.4 is 14.2 Å². The van der Waals surface area contributed by atoms with E-state index in [9.17, 15) is 57.5 Å². The van der Waals surface area contributed by atoms with Crippen LogP contribution in [0.3, 0.4) is 0 Å². The predicted molar refractivity (Wildman–Crippen MR) is 77.0 cm³/mol. The van der Waals surface area contributed by atoms with Gasteiger partial charge < -0.3 is 18.9 Å². The molecule has 0 N–H and O–H groups in total. The van der Waals surface area contributed by atoms with Crippen LogP contribution in [-0.2, 0) is 9.53 Å². The molecule has 184 valence electrons. The molecule has 32 heavy (non-hydrogen) atoms. The highest BCUT2D eigenvalue weighted by Gasteiger charge is 2.60. The summed E-state index contributed by atoms with van der Waals surface area (Å²) >= 11 is 0. The van der Waals surface area contributed by atoms with Crippen molar-refractivity contribution >= 4 is 5.97 Å². The summed E-state index contributed by atoms with van der Waals surface area (Å²) in [5.41, 5.74) is 0. The first-order valence-electron chi connectivity index (χ1n) is 7.70. The van der Waals surface area contributed by atoms with Gasteiger partial charge in [0.1, 0.15) is 5.75 Å². The highest BCUT2D eigenvalue weighted by atomic mass is 19.4. The zero-order chi connectivity index (χ0) is 25.1. The molecule has 0 saturated heterocycles. The van der Waals surface area contributed by atoms with Gasteiger partial charge in [-0.15, -0.1) is 0 Å². The van der Waals surface area contributed by atoms with Crippen molar-refractivity contribution in [3.63, 3.8) is 0 Å². The third kappa shape index (κ3) is 7.74. The second-order valence-electron chi connectivity index (χ2n) is 5.64. The number of rotatable bonds is 7. The SMILES string of the molecule is COC(=O)COc1ccc(OC(C(F)(F)F)C(F)(F)F)cc1OC(C(F)(F)F)C(F)(F)F. The molecule has 0 saturated carbocycles. The first kappa shape index (κ1) is 27.3. The zero-order valence-corrected chi connectivity index (χ0v) is 15.2. The van der Waals surface area contributed by atoms with Crippen molar-refractivity contribution in [1.82, 2.24) is 0 Å². The molecule has 0 unspecified atom stereocenters. The summed E-state index contributed by atoms with van der Waals surface area (Å²) in [6.45, 7) is -1.11. The molecule has 1 aromatic carbocycles. The number of ether oxygens (including phenoxy) is 4. The van der Waals surface area contributed by atoms with E-state index in [2.05, 4.69) is 18.9 Å². The molecule has 0 spiro atoms. The lowest BCUT2D eigenvalue weighted by Crippen LogP contribution is -2.47. The minimum absolute atomic E-state index is 0.123. The van der Waals surface area contributed by atoms with E-state index in [-0.39, 0.29) is 6.07 Å². The first-order chi connectivity index (χ1) is 14.3. The smallest absolute Gasteiger partial charge is 0.434 e. The monoisotopic (exact) mass is 498 g/mol. The summed E-state index contributed by atoms with van der Waals surface area (Å²) in [4.78, 5) is 11.0. The van der Waals surface area contributed by atoms with Crippen molar-refractivity contribution in [1.29, 1.82) is 0 Å². The Hall–Kier alpha value is -2.75. The molecule has 0 aliphatic carbocycles. The number of hydrogen-bond acceptors (Lipinski definition) is 5. The summed E-state index contributed by atoms with van der Waals surface area (Å²) < 4.78 is 168. The van der Waals surface area contributed by atoms with E-state index < -0.39 is 66.7 Å². The van der Waals surface area contributed by atoms with Crippen LogP contribution in [0.15, 0.2) is 18.2 Å². The van der Waals surface area contributed by atoms with E-state index in [0.717, 1.165) is 7.11 Å². The average molecular weight is 498 g/mol. The molecule has 0 fully saturated rings. The molecule has 0 heterocycles. The number of benzene rings is 1. The number of alkyl halides is 12. The third-order valence-corrected chi connectivity index (χ3v) is 3.18. The molecule has 5 nitrogen and oxygen atoms in total. The van der Waals surface area contributed by atoms with Crippen molar-refractivity contribution < 1.29 is 76.4 Å². The molecule has 0 aliphatic rings. The number of halogens is 12. The van der Waals surface area contributed by atoms with Crippen LogP contribution >= 0.6 is 0 Å². The summed E-state index contributed by atoms with van der Waals surface area (Å²) in [7, 11) is 0.831. The van der Waals surface area contributed by atoms with Gasteiger partial charge in [0.25, 0.3) is 12.2 Å². The summed E-state index contributed by atoms with van der Waals surface area (Å²) in [6, 6.07) is 0.517. The maximum Gasteiger partial charge on any atom is 0.434 e. The molecule has 0 atom stereocenters. The molecule has 1 aromatic rings. The fraction of sp³-hybridized carbons (Fsp3) is 0.533. The average Bonchev–Trinajstić information content (AvgIpc) is 2.58. The molecule has 17 heteroatoms. The van der Waals surface area contributed by atoms with Crippen molar-refractivity contribution in [2.45, 2.75) is 36.9 Å². The van der Waals surface area contributed by atoms with E-state index in [1.54, 1.807) is 0 Å². The van der Waals surface area contributed by atoms with Crippen molar-refractivity contribution in [2.75, 3.05) is 13.7 Å². The van der Waals surface area contributed by atoms with Crippen LogP contribution in [-0.4, -0.2) is 56.6 Å². The maximum atomic E-state index is 12.7. The molecule has 1 rings (SSSR count). The van der Waals surface area contributed by atoms with Gasteiger partial charge in [-0.1, -0.05) is 0 Å². The topological polar surface area (TPSA) is 54.0 Å². The summed E-state index contributed by atoms with van der Waals surface area (Å²) in [6.07, 6.45) is -33.3. The Labute approximate surface area is 169 Å². The zero-order valence-electron chi connectivity index (χ0n) is 15.2. The van der Waals surface area contributed by atoms with Gasteiger partial charge in [0.15, 0.2) is 18.1 Å². The minimum Gasteiger partial charge on any atom is -0.478 e. The predicted octanol–water partition coefficient (Wildman–Crippen LogP) is 4.98. The van der Waals surface area contributed by atoms with Gasteiger partial charge in [-0.3, -0.25) is 0 Å². The van der Waals surface area contributed by atoms with E-state index >= 15 is 0 Å². The van der Waals surface area contributed by atoms with Crippen LogP contribution in [0.2, 0.25) is 0 Å². The van der Waals surface area contributed by atoms with Gasteiger partial charge in [0.05, 0.1) is 7.11 Å². The molecule has 0 amide bonds. The summed E-state index contributed by atoms with van der Waals surface area (Å²) in [5, 5.41) is 0. The Morgan fingerprint density at radius 3 is 1.59 bits per heavy atom. The van der Waals surface area contributed by atoms with Gasteiger partial charge in [-0.05, 0) is 12.1 Å². The number of methoxy groups -OCH3 is 1. The van der Waals surface area contributed by atoms with Gasteiger partial charge in [-0.25, -0.2) is 4.79 Å². The Balaban J connectivity index is 3.43. The summed E-state index contributed by atoms with van der Waals surface area (Å²) in [5.74, 6) is -5.34. The maximum absolute atomic E-state index is 12.7. The van der Waals surface area contributed by atoms with Crippen LogP contribution in [0, 0.1) is 0 Å². The Bertz CT molecular complexity index is 753. The largest absolute Gasteiger partial charge is 0.478 e. The fourth-order valence-corrected chi connectivity index (χ4v) is 1.87. The molecule has 0 aromatic heterocycles. The van der Waals surface area contributed by atoms with Gasteiger partial charge in [-0.2, -0.15) is 52.7 Å². The van der Waals surface area contributed by atoms with Crippen LogP contribution in [0.25, 0.3) is 0 Å². The minimum atomic E-state index is -6.10. The number of carbonyl (C=O) groups is 1. The van der Waals surface area contributed by atoms with E-state index in [0.29, 0.717) is 12.1 Å². The third-order valence-electron chi connectivity index (χ3n) is 3.18. The van der Waals surface area contributed by atoms with Gasteiger partial charge in [0.2, 0.25) is 0 Å². The normalized spacial score (nSPS) is 13.3. The van der Waals surface area contributed by atoms with Gasteiger partial charge >= 0.3 is 30.7 Å². The van der Waals surface area contributed by atoms with Crippen LogP contribution in [0.4, 0.5) is 52.7 Å². The van der Waals surface area contributed by atoms with E-state index in [4.69, 9.17) is 0 Å².